The van der Waals surface area contributed by atoms with E-state index >= 15 is 0 Å². The van der Waals surface area contributed by atoms with Crippen molar-refractivity contribution in [3.8, 4) is 0 Å². The maximum absolute atomic E-state index is 11.3. The Kier molecular flexibility index (Phi) is 2.30. The Balaban J connectivity index is 2.59. The third-order valence-corrected chi connectivity index (χ3v) is 3.25. The highest BCUT2D eigenvalue weighted by molar-refractivity contribution is 6.15. The molecular formula is C16H12O2. The van der Waals surface area contributed by atoms with Gasteiger partial charge < -0.3 is 5.11 Å². The molecule has 0 aliphatic rings. The van der Waals surface area contributed by atoms with E-state index in [1.807, 2.05) is 49.4 Å². The Bertz CT molecular complexity index is 772. The van der Waals surface area contributed by atoms with Gasteiger partial charge in [-0.25, -0.2) is 4.79 Å². The van der Waals surface area contributed by atoms with Gasteiger partial charge in [-0.15, -0.1) is 0 Å². The van der Waals surface area contributed by atoms with Crippen LogP contribution in [0.25, 0.3) is 21.5 Å². The Labute approximate surface area is 104 Å². The lowest BCUT2D eigenvalue weighted by atomic mass is 9.96. The highest BCUT2D eigenvalue weighted by Crippen LogP contribution is 2.29. The van der Waals surface area contributed by atoms with Crippen molar-refractivity contribution in [1.82, 2.24) is 0 Å². The van der Waals surface area contributed by atoms with Crippen LogP contribution in [0.3, 0.4) is 0 Å². The third-order valence-electron chi connectivity index (χ3n) is 3.25. The molecule has 0 spiro atoms. The van der Waals surface area contributed by atoms with Gasteiger partial charge in [-0.3, -0.25) is 0 Å². The van der Waals surface area contributed by atoms with E-state index in [9.17, 15) is 9.90 Å². The number of carbonyl (C=O) groups is 1. The number of hydrogen-bond donors (Lipinski definition) is 1. The molecule has 0 aliphatic carbocycles. The average Bonchev–Trinajstić information content (AvgIpc) is 2.37. The first-order valence-electron chi connectivity index (χ1n) is 5.82. The molecule has 0 saturated heterocycles. The minimum Gasteiger partial charge on any atom is -0.478 e. The van der Waals surface area contributed by atoms with Crippen molar-refractivity contribution in [3.05, 3.63) is 59.7 Å². The molecule has 3 rings (SSSR count). The van der Waals surface area contributed by atoms with E-state index in [2.05, 4.69) is 0 Å². The second kappa shape index (κ2) is 3.84. The van der Waals surface area contributed by atoms with E-state index in [0.29, 0.717) is 5.56 Å². The smallest absolute Gasteiger partial charge is 0.336 e. The van der Waals surface area contributed by atoms with Crippen LogP contribution in [0.15, 0.2) is 48.5 Å². The van der Waals surface area contributed by atoms with Crippen LogP contribution < -0.4 is 0 Å². The molecule has 3 aromatic rings. The van der Waals surface area contributed by atoms with Gasteiger partial charge in [0.05, 0.1) is 5.56 Å². The molecule has 0 radical (unpaired) electrons. The van der Waals surface area contributed by atoms with Crippen molar-refractivity contribution in [1.29, 1.82) is 0 Å². The van der Waals surface area contributed by atoms with E-state index in [4.69, 9.17) is 0 Å². The van der Waals surface area contributed by atoms with Crippen LogP contribution in [0.4, 0.5) is 0 Å². The number of carboxylic acid groups (broad SMARTS) is 1. The summed E-state index contributed by atoms with van der Waals surface area (Å²) in [5.74, 6) is -0.880. The zero-order valence-corrected chi connectivity index (χ0v) is 9.97. The molecule has 0 heterocycles. The lowest BCUT2D eigenvalue weighted by Gasteiger charge is -2.08. The summed E-state index contributed by atoms with van der Waals surface area (Å²) < 4.78 is 0. The van der Waals surface area contributed by atoms with E-state index < -0.39 is 5.97 Å². The van der Waals surface area contributed by atoms with Crippen molar-refractivity contribution in [2.75, 3.05) is 0 Å². The first-order chi connectivity index (χ1) is 8.66. The molecule has 0 aromatic heterocycles. The fourth-order valence-corrected chi connectivity index (χ4v) is 2.39. The number of benzene rings is 3. The second-order valence-corrected chi connectivity index (χ2v) is 4.50. The van der Waals surface area contributed by atoms with Crippen LogP contribution in [-0.4, -0.2) is 11.1 Å². The van der Waals surface area contributed by atoms with Crippen molar-refractivity contribution >= 4 is 27.5 Å². The van der Waals surface area contributed by atoms with Crippen LogP contribution in [0, 0.1) is 6.92 Å². The van der Waals surface area contributed by atoms with Crippen LogP contribution in [0.5, 0.6) is 0 Å². The molecule has 1 N–H and O–H groups in total. The third kappa shape index (κ3) is 1.54. The second-order valence-electron chi connectivity index (χ2n) is 4.50. The van der Waals surface area contributed by atoms with Crippen LogP contribution >= 0.6 is 0 Å². The Morgan fingerprint density at radius 1 is 0.944 bits per heavy atom. The highest BCUT2D eigenvalue weighted by Gasteiger charge is 2.11. The van der Waals surface area contributed by atoms with Gasteiger partial charge in [0.25, 0.3) is 0 Å². The minimum absolute atomic E-state index is 0.365. The summed E-state index contributed by atoms with van der Waals surface area (Å²) in [7, 11) is 0. The predicted molar refractivity (Wildman–Crippen MR) is 73.2 cm³/mol. The predicted octanol–water partition coefficient (Wildman–Crippen LogP) is 4.00. The summed E-state index contributed by atoms with van der Waals surface area (Å²) in [4.78, 5) is 11.3. The van der Waals surface area contributed by atoms with Crippen LogP contribution in [-0.2, 0) is 0 Å². The standard InChI is InChI=1S/C16H12O2/c1-10-6-7-13-14(8-10)12-5-3-2-4-11(12)9-15(13)16(17)18/h2-9H,1H3,(H,17,18). The summed E-state index contributed by atoms with van der Waals surface area (Å²) in [5.41, 5.74) is 1.50. The van der Waals surface area contributed by atoms with Crippen molar-refractivity contribution in [3.63, 3.8) is 0 Å². The highest BCUT2D eigenvalue weighted by atomic mass is 16.4. The number of fused-ring (bicyclic) bond motifs is 3. The fraction of sp³-hybridized carbons (Fsp3) is 0.0625. The molecule has 88 valence electrons. The molecule has 2 nitrogen and oxygen atoms in total. The number of rotatable bonds is 1. The van der Waals surface area contributed by atoms with Gasteiger partial charge in [-0.05, 0) is 34.5 Å². The molecule has 0 fully saturated rings. The maximum atomic E-state index is 11.3. The number of aromatic carboxylic acids is 1. The van der Waals surface area contributed by atoms with Crippen LogP contribution in [0.2, 0.25) is 0 Å². The van der Waals surface area contributed by atoms with E-state index in [1.54, 1.807) is 6.07 Å². The zero-order valence-electron chi connectivity index (χ0n) is 9.97. The SMILES string of the molecule is Cc1ccc2c(C(=O)O)cc3ccccc3c2c1. The number of carboxylic acids is 1. The molecule has 2 heteroatoms. The molecule has 0 bridgehead atoms. The summed E-state index contributed by atoms with van der Waals surface area (Å²) in [5, 5.41) is 13.2. The quantitative estimate of drug-likeness (QED) is 0.648. The first kappa shape index (κ1) is 10.8. The van der Waals surface area contributed by atoms with E-state index in [-0.39, 0.29) is 0 Å². The number of hydrogen-bond acceptors (Lipinski definition) is 1. The Hall–Kier alpha value is -2.35. The minimum atomic E-state index is -0.880. The first-order valence-corrected chi connectivity index (χ1v) is 5.82. The molecule has 0 amide bonds. The topological polar surface area (TPSA) is 37.3 Å². The molecule has 0 atom stereocenters. The monoisotopic (exact) mass is 236 g/mol. The van der Waals surface area contributed by atoms with Crippen molar-refractivity contribution < 1.29 is 9.90 Å². The summed E-state index contributed by atoms with van der Waals surface area (Å²) in [6.07, 6.45) is 0. The summed E-state index contributed by atoms with van der Waals surface area (Å²) >= 11 is 0. The van der Waals surface area contributed by atoms with Gasteiger partial charge in [0, 0.05) is 0 Å². The fourth-order valence-electron chi connectivity index (χ4n) is 2.39. The van der Waals surface area contributed by atoms with Gasteiger partial charge in [0.15, 0.2) is 0 Å². The summed E-state index contributed by atoms with van der Waals surface area (Å²) in [6, 6.07) is 15.5. The molecular weight excluding hydrogens is 224 g/mol. The van der Waals surface area contributed by atoms with Gasteiger partial charge in [-0.1, -0.05) is 48.0 Å². The molecule has 3 aromatic carbocycles. The van der Waals surface area contributed by atoms with Crippen LogP contribution in [0.1, 0.15) is 15.9 Å². The van der Waals surface area contributed by atoms with Crippen molar-refractivity contribution in [2.24, 2.45) is 0 Å². The largest absolute Gasteiger partial charge is 0.478 e. The van der Waals surface area contributed by atoms with E-state index in [0.717, 1.165) is 27.1 Å². The van der Waals surface area contributed by atoms with Gasteiger partial charge in [0.1, 0.15) is 0 Å². The van der Waals surface area contributed by atoms with Gasteiger partial charge in [-0.2, -0.15) is 0 Å². The molecule has 0 saturated carbocycles. The molecule has 0 aliphatic heterocycles. The summed E-state index contributed by atoms with van der Waals surface area (Å²) in [6.45, 7) is 2.02. The van der Waals surface area contributed by atoms with E-state index in [1.165, 1.54) is 0 Å². The van der Waals surface area contributed by atoms with Gasteiger partial charge >= 0.3 is 5.97 Å². The number of aryl methyl sites for hydroxylation is 1. The van der Waals surface area contributed by atoms with Gasteiger partial charge in [0.2, 0.25) is 0 Å². The normalized spacial score (nSPS) is 10.9. The average molecular weight is 236 g/mol. The lowest BCUT2D eigenvalue weighted by molar-refractivity contribution is 0.0699. The molecule has 18 heavy (non-hydrogen) atoms. The zero-order chi connectivity index (χ0) is 12.7. The van der Waals surface area contributed by atoms with Crippen molar-refractivity contribution in [2.45, 2.75) is 6.92 Å². The maximum Gasteiger partial charge on any atom is 0.336 e. The molecule has 0 unspecified atom stereocenters. The Morgan fingerprint density at radius 3 is 2.50 bits per heavy atom. The lowest BCUT2D eigenvalue weighted by Crippen LogP contribution is -1.98. The Morgan fingerprint density at radius 2 is 1.72 bits per heavy atom.